The van der Waals surface area contributed by atoms with Crippen LogP contribution in [0.25, 0.3) is 0 Å². The maximum absolute atomic E-state index is 5.30. The van der Waals surface area contributed by atoms with Crippen molar-refractivity contribution in [3.8, 4) is 5.88 Å². The van der Waals surface area contributed by atoms with Crippen molar-refractivity contribution >= 4 is 0 Å². The molecule has 1 rings (SSSR count). The molecule has 11 heavy (non-hydrogen) atoms. The summed E-state index contributed by atoms with van der Waals surface area (Å²) in [5, 5.41) is 0. The fraction of sp³-hybridized carbons (Fsp3) is 0.375. The lowest BCUT2D eigenvalue weighted by molar-refractivity contribution is -0.677. The third-order valence-corrected chi connectivity index (χ3v) is 1.30. The Labute approximate surface area is 84.2 Å². The van der Waals surface area contributed by atoms with Crippen molar-refractivity contribution in [2.24, 2.45) is 7.05 Å². The summed E-state index contributed by atoms with van der Waals surface area (Å²) in [7, 11) is 1.96. The van der Waals surface area contributed by atoms with Gasteiger partial charge in [0.15, 0.2) is 6.20 Å². The largest absolute Gasteiger partial charge is 1.00 e. The van der Waals surface area contributed by atoms with Crippen LogP contribution in [0.1, 0.15) is 6.92 Å². The highest BCUT2D eigenvalue weighted by Crippen LogP contribution is 1.98. The Morgan fingerprint density at radius 2 is 2.18 bits per heavy atom. The van der Waals surface area contributed by atoms with Gasteiger partial charge in [-0.3, -0.25) is 0 Å². The molecular weight excluding hydrogens is 253 g/mol. The second-order valence-electron chi connectivity index (χ2n) is 2.08. The normalized spacial score (nSPS) is 8.55. The lowest BCUT2D eigenvalue weighted by Gasteiger charge is -1.97. The van der Waals surface area contributed by atoms with E-state index in [4.69, 9.17) is 4.74 Å². The maximum Gasteiger partial charge on any atom is 0.367 e. The number of ether oxygens (including phenoxy) is 1. The van der Waals surface area contributed by atoms with Crippen molar-refractivity contribution in [2.45, 2.75) is 6.92 Å². The van der Waals surface area contributed by atoms with Crippen LogP contribution >= 0.6 is 0 Å². The van der Waals surface area contributed by atoms with Gasteiger partial charge in [-0.2, -0.15) is 4.57 Å². The Balaban J connectivity index is 0.000001000. The van der Waals surface area contributed by atoms with Crippen LogP contribution in [0.3, 0.4) is 0 Å². The second-order valence-corrected chi connectivity index (χ2v) is 2.08. The summed E-state index contributed by atoms with van der Waals surface area (Å²) in [4.78, 5) is 0. The van der Waals surface area contributed by atoms with Gasteiger partial charge < -0.3 is 28.7 Å². The fourth-order valence-corrected chi connectivity index (χ4v) is 0.806. The van der Waals surface area contributed by atoms with Crippen LogP contribution in [0.5, 0.6) is 5.88 Å². The van der Waals surface area contributed by atoms with Crippen LogP contribution in [0.4, 0.5) is 0 Å². The van der Waals surface area contributed by atoms with Gasteiger partial charge in [0.2, 0.25) is 0 Å². The molecule has 2 nitrogen and oxygen atoms in total. The SMILES string of the molecule is CCOc1cccc[n+]1C.[I-]. The average Bonchev–Trinajstić information content (AvgIpc) is 1.94. The van der Waals surface area contributed by atoms with Gasteiger partial charge in [0.05, 0.1) is 12.7 Å². The molecule has 0 fully saturated rings. The van der Waals surface area contributed by atoms with E-state index >= 15 is 0 Å². The first-order valence-corrected chi connectivity index (χ1v) is 3.42. The van der Waals surface area contributed by atoms with Crippen molar-refractivity contribution in [1.82, 2.24) is 0 Å². The van der Waals surface area contributed by atoms with Crippen molar-refractivity contribution in [1.29, 1.82) is 0 Å². The number of rotatable bonds is 2. The lowest BCUT2D eigenvalue weighted by atomic mass is 10.5. The number of pyridine rings is 1. The zero-order valence-corrected chi connectivity index (χ0v) is 8.91. The average molecular weight is 265 g/mol. The molecule has 0 unspecified atom stereocenters. The molecule has 62 valence electrons. The van der Waals surface area contributed by atoms with Gasteiger partial charge in [-0.25, -0.2) is 0 Å². The second kappa shape index (κ2) is 5.35. The molecule has 1 heterocycles. The van der Waals surface area contributed by atoms with E-state index in [1.54, 1.807) is 0 Å². The predicted octanol–water partition coefficient (Wildman–Crippen LogP) is -2.09. The number of aromatic nitrogens is 1. The van der Waals surface area contributed by atoms with E-state index in [0.717, 1.165) is 12.5 Å². The van der Waals surface area contributed by atoms with Gasteiger partial charge in [-0.15, -0.1) is 0 Å². The number of aryl methyl sites for hydroxylation is 1. The zero-order valence-electron chi connectivity index (χ0n) is 6.75. The molecule has 0 aromatic carbocycles. The Morgan fingerprint density at radius 3 is 2.73 bits per heavy atom. The fourth-order valence-electron chi connectivity index (χ4n) is 0.806. The first kappa shape index (κ1) is 10.7. The van der Waals surface area contributed by atoms with E-state index < -0.39 is 0 Å². The quantitative estimate of drug-likeness (QED) is 0.441. The molecule has 0 radical (unpaired) electrons. The molecule has 1 aromatic rings. The molecule has 0 aliphatic carbocycles. The van der Waals surface area contributed by atoms with Gasteiger partial charge in [-0.1, -0.05) is 0 Å². The first-order valence-electron chi connectivity index (χ1n) is 3.42. The van der Waals surface area contributed by atoms with Crippen molar-refractivity contribution in [2.75, 3.05) is 6.61 Å². The van der Waals surface area contributed by atoms with Crippen molar-refractivity contribution in [3.63, 3.8) is 0 Å². The molecule has 0 saturated heterocycles. The van der Waals surface area contributed by atoms with E-state index in [1.807, 2.05) is 42.9 Å². The molecule has 0 N–H and O–H groups in total. The Hall–Kier alpha value is -0.320. The molecule has 1 aromatic heterocycles. The van der Waals surface area contributed by atoms with E-state index in [2.05, 4.69) is 0 Å². The maximum atomic E-state index is 5.30. The molecule has 0 bridgehead atoms. The Bertz CT molecular complexity index is 215. The molecular formula is C8H12INO. The van der Waals surface area contributed by atoms with Gasteiger partial charge in [-0.05, 0) is 13.0 Å². The van der Waals surface area contributed by atoms with Crippen LogP contribution in [0.15, 0.2) is 24.4 Å². The van der Waals surface area contributed by atoms with Crippen LogP contribution in [0, 0.1) is 0 Å². The third kappa shape index (κ3) is 3.05. The number of halogens is 1. The van der Waals surface area contributed by atoms with Gasteiger partial charge >= 0.3 is 5.88 Å². The summed E-state index contributed by atoms with van der Waals surface area (Å²) >= 11 is 0. The topological polar surface area (TPSA) is 13.1 Å². The molecule has 0 atom stereocenters. The molecule has 0 aliphatic heterocycles. The minimum absolute atomic E-state index is 0. The Kier molecular flexibility index (Phi) is 5.19. The molecule has 0 saturated carbocycles. The first-order chi connectivity index (χ1) is 4.84. The molecule has 0 amide bonds. The van der Waals surface area contributed by atoms with Gasteiger partial charge in [0.25, 0.3) is 0 Å². The summed E-state index contributed by atoms with van der Waals surface area (Å²) < 4.78 is 7.25. The van der Waals surface area contributed by atoms with Crippen molar-refractivity contribution in [3.05, 3.63) is 24.4 Å². The minimum atomic E-state index is 0. The number of nitrogens with zero attached hydrogens (tertiary/aromatic N) is 1. The minimum Gasteiger partial charge on any atom is -1.00 e. The summed E-state index contributed by atoms with van der Waals surface area (Å²) in [5.74, 6) is 0.907. The highest BCUT2D eigenvalue weighted by atomic mass is 127. The monoisotopic (exact) mass is 265 g/mol. The summed E-state index contributed by atoms with van der Waals surface area (Å²) in [6, 6.07) is 5.89. The summed E-state index contributed by atoms with van der Waals surface area (Å²) in [6.07, 6.45) is 1.96. The van der Waals surface area contributed by atoms with Crippen LogP contribution in [0.2, 0.25) is 0 Å². The highest BCUT2D eigenvalue weighted by Gasteiger charge is 2.01. The summed E-state index contributed by atoms with van der Waals surface area (Å²) in [6.45, 7) is 2.70. The van der Waals surface area contributed by atoms with E-state index in [-0.39, 0.29) is 24.0 Å². The van der Waals surface area contributed by atoms with Crippen LogP contribution in [-0.2, 0) is 7.05 Å². The van der Waals surface area contributed by atoms with Crippen LogP contribution < -0.4 is 33.3 Å². The van der Waals surface area contributed by atoms with Gasteiger partial charge in [0.1, 0.15) is 7.05 Å². The van der Waals surface area contributed by atoms with E-state index in [0.29, 0.717) is 0 Å². The van der Waals surface area contributed by atoms with E-state index in [9.17, 15) is 0 Å². The van der Waals surface area contributed by atoms with Gasteiger partial charge in [0, 0.05) is 6.07 Å². The zero-order chi connectivity index (χ0) is 7.40. The Morgan fingerprint density at radius 1 is 1.45 bits per heavy atom. The standard InChI is InChI=1S/C8H12NO.HI/c1-3-10-8-6-4-5-7-9(8)2;/h4-7H,3H2,1-2H3;1H/q+1;/p-1. The third-order valence-electron chi connectivity index (χ3n) is 1.30. The molecule has 0 spiro atoms. The predicted molar refractivity (Wildman–Crippen MR) is 38.8 cm³/mol. The smallest absolute Gasteiger partial charge is 0.367 e. The van der Waals surface area contributed by atoms with Crippen molar-refractivity contribution < 1.29 is 33.3 Å². The number of hydrogen-bond acceptors (Lipinski definition) is 1. The molecule has 0 aliphatic rings. The highest BCUT2D eigenvalue weighted by molar-refractivity contribution is 5.01. The van der Waals surface area contributed by atoms with E-state index in [1.165, 1.54) is 0 Å². The summed E-state index contributed by atoms with van der Waals surface area (Å²) in [5.41, 5.74) is 0. The van der Waals surface area contributed by atoms with Crippen LogP contribution in [-0.4, -0.2) is 6.61 Å². The molecule has 3 heteroatoms. The lowest BCUT2D eigenvalue weighted by Crippen LogP contribution is -3.00. The number of hydrogen-bond donors (Lipinski definition) is 0.